The van der Waals surface area contributed by atoms with Crippen molar-refractivity contribution in [3.8, 4) is 0 Å². The van der Waals surface area contributed by atoms with Crippen molar-refractivity contribution < 1.29 is 19.1 Å². The summed E-state index contributed by atoms with van der Waals surface area (Å²) in [6.07, 6.45) is 3.10. The van der Waals surface area contributed by atoms with Crippen LogP contribution < -0.4 is 0 Å². The number of Topliss-reactive ketones (excluding diaryl/α,β-unsaturated/α-hetero) is 1. The molecule has 2 unspecified atom stereocenters. The molecule has 0 spiro atoms. The molecule has 1 aliphatic heterocycles. The molecular formula is C10H12O4. The predicted octanol–water partition coefficient (Wildman–Crippen LogP) is 0.140. The molecule has 2 aliphatic rings. The zero-order valence-electron chi connectivity index (χ0n) is 7.82. The summed E-state index contributed by atoms with van der Waals surface area (Å²) in [4.78, 5) is 33.9. The van der Waals surface area contributed by atoms with Gasteiger partial charge in [-0.15, -0.1) is 0 Å². The Bertz CT molecular complexity index is 258. The summed E-state index contributed by atoms with van der Waals surface area (Å²) in [7, 11) is 0. The lowest BCUT2D eigenvalue weighted by molar-refractivity contribution is -0.169. The van der Waals surface area contributed by atoms with E-state index < -0.39 is 10.8 Å². The highest BCUT2D eigenvalue weighted by molar-refractivity contribution is 6.10. The lowest BCUT2D eigenvalue weighted by atomic mass is 9.61. The molecule has 0 aromatic carbocycles. The van der Waals surface area contributed by atoms with Crippen molar-refractivity contribution in [2.45, 2.75) is 19.3 Å². The Balaban J connectivity index is 2.43. The van der Waals surface area contributed by atoms with Gasteiger partial charge in [0.15, 0.2) is 5.78 Å². The first-order valence-electron chi connectivity index (χ1n) is 4.74. The third-order valence-corrected chi connectivity index (χ3v) is 3.32. The molecule has 14 heavy (non-hydrogen) atoms. The zero-order chi connectivity index (χ0) is 10.2. The number of hydrogen-bond acceptors (Lipinski definition) is 4. The molecule has 0 aromatic heterocycles. The number of carbonyl (C=O) groups excluding carboxylic acids is 3. The van der Waals surface area contributed by atoms with Gasteiger partial charge in [0, 0.05) is 0 Å². The third-order valence-electron chi connectivity index (χ3n) is 3.32. The van der Waals surface area contributed by atoms with Gasteiger partial charge < -0.3 is 14.3 Å². The van der Waals surface area contributed by atoms with E-state index in [-0.39, 0.29) is 19.0 Å². The molecular weight excluding hydrogens is 184 g/mol. The van der Waals surface area contributed by atoms with E-state index in [9.17, 15) is 14.4 Å². The van der Waals surface area contributed by atoms with Gasteiger partial charge in [-0.05, 0) is 12.8 Å². The first-order valence-corrected chi connectivity index (χ1v) is 4.74. The average Bonchev–Trinajstić information content (AvgIpc) is 2.19. The van der Waals surface area contributed by atoms with Gasteiger partial charge in [0.2, 0.25) is 0 Å². The predicted molar refractivity (Wildman–Crippen MR) is 46.7 cm³/mol. The van der Waals surface area contributed by atoms with Crippen molar-refractivity contribution in [1.82, 2.24) is 0 Å². The molecule has 0 aromatic rings. The van der Waals surface area contributed by atoms with Crippen LogP contribution in [0.2, 0.25) is 0 Å². The molecule has 76 valence electrons. The maximum Gasteiger partial charge on any atom is 0.163 e. The van der Waals surface area contributed by atoms with Crippen molar-refractivity contribution in [2.24, 2.45) is 10.8 Å². The first-order chi connectivity index (χ1) is 6.69. The highest BCUT2D eigenvalue weighted by atomic mass is 16.5. The molecule has 1 saturated carbocycles. The Labute approximate surface area is 81.6 Å². The Hall–Kier alpha value is -1.03. The van der Waals surface area contributed by atoms with Gasteiger partial charge in [0.05, 0.1) is 13.2 Å². The fourth-order valence-electron chi connectivity index (χ4n) is 2.43. The molecule has 2 rings (SSSR count). The summed E-state index contributed by atoms with van der Waals surface area (Å²) in [6.45, 7) is 0.288. The zero-order valence-corrected chi connectivity index (χ0v) is 7.82. The summed E-state index contributed by atoms with van der Waals surface area (Å²) in [5.41, 5.74) is -2.06. The largest absolute Gasteiger partial charge is 0.378 e. The van der Waals surface area contributed by atoms with Crippen molar-refractivity contribution in [3.63, 3.8) is 0 Å². The Morgan fingerprint density at radius 3 is 2.00 bits per heavy atom. The minimum atomic E-state index is -1.03. The van der Waals surface area contributed by atoms with Gasteiger partial charge in [-0.25, -0.2) is 0 Å². The quantitative estimate of drug-likeness (QED) is 0.465. The minimum Gasteiger partial charge on any atom is -0.378 e. The normalized spacial score (nSPS) is 41.9. The molecule has 2 fully saturated rings. The lowest BCUT2D eigenvalue weighted by Crippen LogP contribution is -2.57. The topological polar surface area (TPSA) is 60.4 Å². The van der Waals surface area contributed by atoms with Crippen LogP contribution in [-0.2, 0) is 19.1 Å². The van der Waals surface area contributed by atoms with Crippen molar-refractivity contribution in [3.05, 3.63) is 0 Å². The number of carbonyl (C=O) groups is 3. The number of fused-ring (bicyclic) bond motifs is 2. The smallest absolute Gasteiger partial charge is 0.163 e. The van der Waals surface area contributed by atoms with E-state index in [0.717, 1.165) is 6.42 Å². The van der Waals surface area contributed by atoms with Crippen LogP contribution in [0.25, 0.3) is 0 Å². The van der Waals surface area contributed by atoms with E-state index in [1.54, 1.807) is 0 Å². The summed E-state index contributed by atoms with van der Waals surface area (Å²) in [6, 6.07) is 0. The molecule has 0 radical (unpaired) electrons. The number of aldehydes is 2. The van der Waals surface area contributed by atoms with Gasteiger partial charge in [-0.2, -0.15) is 0 Å². The standard InChI is InChI=1S/C10H12O4/c11-4-9-2-1-3-10(5-12,8(9)13)7-14-6-9/h4-5H,1-3,6-7H2. The third kappa shape index (κ3) is 1.00. The Morgan fingerprint density at radius 2 is 1.57 bits per heavy atom. The molecule has 1 heterocycles. The SMILES string of the molecule is O=CC12CCCC(C=O)(COC1)C2=O. The molecule has 1 aliphatic carbocycles. The Kier molecular flexibility index (Phi) is 2.03. The van der Waals surface area contributed by atoms with E-state index >= 15 is 0 Å². The van der Waals surface area contributed by atoms with Crippen LogP contribution in [-0.4, -0.2) is 31.6 Å². The summed E-state index contributed by atoms with van der Waals surface area (Å²) >= 11 is 0. The maximum atomic E-state index is 12.0. The second-order valence-electron chi connectivity index (χ2n) is 4.22. The number of rotatable bonds is 2. The minimum absolute atomic E-state index is 0.144. The van der Waals surface area contributed by atoms with Crippen molar-refractivity contribution in [2.75, 3.05) is 13.2 Å². The monoisotopic (exact) mass is 196 g/mol. The molecule has 0 amide bonds. The second-order valence-corrected chi connectivity index (χ2v) is 4.22. The molecule has 2 bridgehead atoms. The summed E-state index contributed by atoms with van der Waals surface area (Å²) in [5.74, 6) is -0.229. The highest BCUT2D eigenvalue weighted by Crippen LogP contribution is 2.44. The fourth-order valence-corrected chi connectivity index (χ4v) is 2.43. The van der Waals surface area contributed by atoms with Gasteiger partial charge in [0.1, 0.15) is 23.4 Å². The summed E-state index contributed by atoms with van der Waals surface area (Å²) in [5, 5.41) is 0. The number of ketones is 1. The number of hydrogen-bond donors (Lipinski definition) is 0. The van der Waals surface area contributed by atoms with E-state index in [1.165, 1.54) is 0 Å². The van der Waals surface area contributed by atoms with Crippen LogP contribution in [0.4, 0.5) is 0 Å². The van der Waals surface area contributed by atoms with Gasteiger partial charge in [-0.1, -0.05) is 6.42 Å². The molecule has 0 N–H and O–H groups in total. The van der Waals surface area contributed by atoms with Crippen LogP contribution in [0.15, 0.2) is 0 Å². The van der Waals surface area contributed by atoms with Crippen LogP contribution in [0.5, 0.6) is 0 Å². The highest BCUT2D eigenvalue weighted by Gasteiger charge is 2.56. The lowest BCUT2D eigenvalue weighted by Gasteiger charge is -2.44. The van der Waals surface area contributed by atoms with Crippen LogP contribution >= 0.6 is 0 Å². The van der Waals surface area contributed by atoms with E-state index in [0.29, 0.717) is 25.4 Å². The fraction of sp³-hybridized carbons (Fsp3) is 0.700. The molecule has 4 nitrogen and oxygen atoms in total. The molecule has 1 saturated heterocycles. The average molecular weight is 196 g/mol. The van der Waals surface area contributed by atoms with Crippen LogP contribution in [0.1, 0.15) is 19.3 Å². The number of ether oxygens (including phenoxy) is 1. The van der Waals surface area contributed by atoms with Gasteiger partial charge in [0.25, 0.3) is 0 Å². The van der Waals surface area contributed by atoms with E-state index in [1.807, 2.05) is 0 Å². The van der Waals surface area contributed by atoms with Gasteiger partial charge in [-0.3, -0.25) is 4.79 Å². The van der Waals surface area contributed by atoms with Crippen molar-refractivity contribution >= 4 is 18.4 Å². The van der Waals surface area contributed by atoms with Crippen molar-refractivity contribution in [1.29, 1.82) is 0 Å². The second kappa shape index (κ2) is 2.98. The molecule has 4 heteroatoms. The first kappa shape index (κ1) is 9.52. The van der Waals surface area contributed by atoms with Crippen LogP contribution in [0, 0.1) is 10.8 Å². The summed E-state index contributed by atoms with van der Waals surface area (Å²) < 4.78 is 5.21. The van der Waals surface area contributed by atoms with Gasteiger partial charge >= 0.3 is 0 Å². The van der Waals surface area contributed by atoms with E-state index in [2.05, 4.69) is 0 Å². The Morgan fingerprint density at radius 1 is 1.07 bits per heavy atom. The van der Waals surface area contributed by atoms with E-state index in [4.69, 9.17) is 4.74 Å². The van der Waals surface area contributed by atoms with Crippen LogP contribution in [0.3, 0.4) is 0 Å². The maximum absolute atomic E-state index is 12.0. The molecule has 2 atom stereocenters.